The summed E-state index contributed by atoms with van der Waals surface area (Å²) in [4.78, 5) is 52.6. The van der Waals surface area contributed by atoms with Crippen LogP contribution in [0.5, 0.6) is 0 Å². The Balaban J connectivity index is 0. The number of allylic oxidation sites excluding steroid dienone is 6. The first-order valence-electron chi connectivity index (χ1n) is 30.3. The molecule has 0 heterocycles. The molecule has 0 aromatic carbocycles. The fraction of sp³-hybridized carbons (Fsp3) is 0.841. The second kappa shape index (κ2) is 54.2. The number of hydrogen-bond donors (Lipinski definition) is 0. The predicted molar refractivity (Wildman–Crippen MR) is 303 cm³/mol. The predicted octanol–water partition coefficient (Wildman–Crippen LogP) is 14.6. The first-order chi connectivity index (χ1) is 35.0. The summed E-state index contributed by atoms with van der Waals surface area (Å²) in [5.74, 6) is -1.52. The molecule has 0 fully saturated rings. The Bertz CT molecular complexity index is 1300. The molecule has 0 amide bonds. The summed E-state index contributed by atoms with van der Waals surface area (Å²) in [5.41, 5.74) is -1.24. The minimum absolute atomic E-state index is 0. The molecule has 428 valence electrons. The molecule has 0 bridgehead atoms. The lowest BCUT2D eigenvalue weighted by Crippen LogP contribution is -3.00. The Morgan fingerprint density at radius 2 is 0.521 bits per heavy atom. The van der Waals surface area contributed by atoms with Crippen LogP contribution in [0.4, 0.5) is 0 Å². The molecule has 0 aliphatic heterocycles. The van der Waals surface area contributed by atoms with Crippen molar-refractivity contribution >= 4 is 23.9 Å². The minimum Gasteiger partial charge on any atom is -1.00 e. The van der Waals surface area contributed by atoms with Crippen LogP contribution < -0.4 is 12.4 Å². The van der Waals surface area contributed by atoms with Gasteiger partial charge < -0.3 is 35.8 Å². The van der Waals surface area contributed by atoms with Crippen LogP contribution in [-0.4, -0.2) is 82.5 Å². The lowest BCUT2D eigenvalue weighted by molar-refractivity contribution is -0.862. The average Bonchev–Trinajstić information content (AvgIpc) is 3.35. The molecule has 0 N–H and O–H groups in total. The molecule has 73 heavy (non-hydrogen) atoms. The molecule has 0 radical (unpaired) electrons. The van der Waals surface area contributed by atoms with Crippen molar-refractivity contribution in [1.29, 1.82) is 0 Å². The van der Waals surface area contributed by atoms with Gasteiger partial charge in [0.05, 0.1) is 21.1 Å². The van der Waals surface area contributed by atoms with Gasteiger partial charge in [0.25, 0.3) is 0 Å². The largest absolute Gasteiger partial charge is 1.00 e. The maximum Gasteiger partial charge on any atom is 0.361 e. The fourth-order valence-corrected chi connectivity index (χ4v) is 8.68. The monoisotopic (exact) mass is 1050 g/mol. The van der Waals surface area contributed by atoms with E-state index in [2.05, 4.69) is 57.2 Å². The van der Waals surface area contributed by atoms with E-state index in [0.717, 1.165) is 96.3 Å². The second-order valence-electron chi connectivity index (χ2n) is 22.2. The molecular weight excluding hydrogens is 934 g/mol. The van der Waals surface area contributed by atoms with Gasteiger partial charge in [-0.05, 0) is 96.3 Å². The summed E-state index contributed by atoms with van der Waals surface area (Å²) in [7, 11) is 5.70. The molecule has 0 aromatic heterocycles. The van der Waals surface area contributed by atoms with Crippen molar-refractivity contribution in [1.82, 2.24) is 0 Å². The summed E-state index contributed by atoms with van der Waals surface area (Å²) < 4.78 is 23.8. The molecule has 0 aliphatic carbocycles. The number of hydrogen-bond acceptors (Lipinski definition) is 8. The van der Waals surface area contributed by atoms with E-state index in [4.69, 9.17) is 18.9 Å². The van der Waals surface area contributed by atoms with Crippen LogP contribution in [-0.2, 0) is 38.1 Å². The average molecular weight is 1050 g/mol. The number of esters is 4. The SMILES string of the molecule is CCCCCCC/C=C\CCCCCCCC(=O)OCC(COC(=O)CCCCCCC/C=C\CCCCCCCC)(COC(=O)CCCCCCC/C=C\CCCCCCCC)COC(=O)C[N+](C)(C)C.[Cl-]. The number of carbonyl (C=O) groups is 4. The van der Waals surface area contributed by atoms with Crippen molar-refractivity contribution in [3.05, 3.63) is 36.5 Å². The van der Waals surface area contributed by atoms with Crippen molar-refractivity contribution in [2.24, 2.45) is 5.41 Å². The number of carbonyl (C=O) groups excluding carboxylic acids is 4. The van der Waals surface area contributed by atoms with Crippen LogP contribution >= 0.6 is 0 Å². The summed E-state index contributed by atoms with van der Waals surface area (Å²) in [6.45, 7) is 6.07. The standard InChI is InChI=1S/C63H116NO8.ClH/c1-7-10-13-16-19-22-25-28-31-34-37-40-43-46-49-52-60(66)70-56-63(58-72-62(68)54-64(4,5)6,55-69-59(65)51-48-45-42-39-36-33-30-27-24-21-18-15-12-9-3)57-71-61(67)53-50-47-44-41-38-35-32-29-26-23-20-17-14-11-8-2;/h27-32H,7-26,33-58H2,1-6H3;1H/q+1;/p-1/b30-27-,31-28-,32-29-;. The highest BCUT2D eigenvalue weighted by molar-refractivity contribution is 5.71. The summed E-state index contributed by atoms with van der Waals surface area (Å²) in [5, 5.41) is 0. The number of unbranched alkanes of at least 4 members (excludes halogenated alkanes) is 32. The Morgan fingerprint density at radius 1 is 0.315 bits per heavy atom. The van der Waals surface area contributed by atoms with E-state index in [9.17, 15) is 19.2 Å². The topological polar surface area (TPSA) is 105 Å². The first-order valence-corrected chi connectivity index (χ1v) is 30.3. The minimum atomic E-state index is -1.24. The van der Waals surface area contributed by atoms with Gasteiger partial charge in [0.1, 0.15) is 31.8 Å². The van der Waals surface area contributed by atoms with Crippen LogP contribution in [0, 0.1) is 5.41 Å². The maximum absolute atomic E-state index is 13.2. The Hall–Kier alpha value is -2.65. The van der Waals surface area contributed by atoms with Crippen molar-refractivity contribution < 1.29 is 55.0 Å². The number of likely N-dealkylation sites (N-methyl/N-ethyl adjacent to an activating group) is 1. The van der Waals surface area contributed by atoms with Crippen molar-refractivity contribution in [3.63, 3.8) is 0 Å². The molecule has 0 spiro atoms. The van der Waals surface area contributed by atoms with Gasteiger partial charge in [0, 0.05) is 19.3 Å². The van der Waals surface area contributed by atoms with Gasteiger partial charge in [-0.2, -0.15) is 0 Å². The zero-order valence-corrected chi connectivity index (χ0v) is 49.3. The van der Waals surface area contributed by atoms with Crippen LogP contribution in [0.3, 0.4) is 0 Å². The number of halogens is 1. The smallest absolute Gasteiger partial charge is 0.361 e. The third kappa shape index (κ3) is 54.0. The maximum atomic E-state index is 13.2. The van der Waals surface area contributed by atoms with E-state index in [0.29, 0.717) is 23.7 Å². The highest BCUT2D eigenvalue weighted by Gasteiger charge is 2.38. The van der Waals surface area contributed by atoms with Gasteiger partial charge in [0.2, 0.25) is 0 Å². The molecule has 0 rings (SSSR count). The normalized spacial score (nSPS) is 12.0. The van der Waals surface area contributed by atoms with Gasteiger partial charge in [-0.1, -0.05) is 205 Å². The number of rotatable bonds is 54. The molecule has 0 saturated carbocycles. The summed E-state index contributed by atoms with van der Waals surface area (Å²) in [6.07, 6.45) is 59.0. The molecular formula is C63H116ClNO8. The number of quaternary nitrogens is 1. The van der Waals surface area contributed by atoms with Gasteiger partial charge in [-0.25, -0.2) is 4.79 Å². The third-order valence-electron chi connectivity index (χ3n) is 13.4. The van der Waals surface area contributed by atoms with Crippen LogP contribution in [0.15, 0.2) is 36.5 Å². The highest BCUT2D eigenvalue weighted by Crippen LogP contribution is 2.24. The van der Waals surface area contributed by atoms with Crippen molar-refractivity contribution in [3.8, 4) is 0 Å². The Morgan fingerprint density at radius 3 is 0.753 bits per heavy atom. The molecule has 0 unspecified atom stereocenters. The first kappa shape index (κ1) is 72.4. The van der Waals surface area contributed by atoms with Gasteiger partial charge in [-0.3, -0.25) is 14.4 Å². The Labute approximate surface area is 457 Å². The van der Waals surface area contributed by atoms with Crippen molar-refractivity contribution in [2.75, 3.05) is 54.1 Å². The lowest BCUT2D eigenvalue weighted by Gasteiger charge is -2.32. The van der Waals surface area contributed by atoms with E-state index < -0.39 is 11.4 Å². The zero-order chi connectivity index (χ0) is 52.9. The molecule has 0 aromatic rings. The Kier molecular flexibility index (Phi) is 53.7. The van der Waals surface area contributed by atoms with E-state index >= 15 is 0 Å². The number of nitrogens with zero attached hydrogens (tertiary/aromatic N) is 1. The van der Waals surface area contributed by atoms with Crippen molar-refractivity contribution in [2.45, 2.75) is 284 Å². The molecule has 0 atom stereocenters. The van der Waals surface area contributed by atoms with Gasteiger partial charge in [0.15, 0.2) is 6.54 Å². The summed E-state index contributed by atoms with van der Waals surface area (Å²) in [6, 6.07) is 0. The van der Waals surface area contributed by atoms with E-state index in [1.165, 1.54) is 128 Å². The fourth-order valence-electron chi connectivity index (χ4n) is 8.68. The van der Waals surface area contributed by atoms with E-state index in [-0.39, 0.29) is 82.5 Å². The molecule has 0 saturated heterocycles. The molecule has 10 heteroatoms. The quantitative estimate of drug-likeness (QED) is 0.0195. The third-order valence-corrected chi connectivity index (χ3v) is 13.4. The zero-order valence-electron chi connectivity index (χ0n) is 48.6. The van der Waals surface area contributed by atoms with E-state index in [1.807, 2.05) is 21.1 Å². The van der Waals surface area contributed by atoms with Crippen LogP contribution in [0.1, 0.15) is 284 Å². The van der Waals surface area contributed by atoms with Crippen LogP contribution in [0.25, 0.3) is 0 Å². The second-order valence-corrected chi connectivity index (χ2v) is 22.2. The van der Waals surface area contributed by atoms with E-state index in [1.54, 1.807) is 0 Å². The highest BCUT2D eigenvalue weighted by atomic mass is 35.5. The van der Waals surface area contributed by atoms with Gasteiger partial charge in [-0.15, -0.1) is 0 Å². The molecule has 0 aliphatic rings. The van der Waals surface area contributed by atoms with Gasteiger partial charge >= 0.3 is 23.9 Å². The molecule has 9 nitrogen and oxygen atoms in total. The lowest BCUT2D eigenvalue weighted by atomic mass is 9.92. The number of ether oxygens (including phenoxy) is 4. The van der Waals surface area contributed by atoms with Crippen LogP contribution in [0.2, 0.25) is 0 Å². The summed E-state index contributed by atoms with van der Waals surface area (Å²) >= 11 is 0.